The van der Waals surface area contributed by atoms with Crippen molar-refractivity contribution in [2.24, 2.45) is 5.92 Å². The lowest BCUT2D eigenvalue weighted by molar-refractivity contribution is -0.124. The van der Waals surface area contributed by atoms with Crippen LogP contribution in [-0.2, 0) is 14.4 Å². The lowest BCUT2D eigenvalue weighted by Gasteiger charge is -2.18. The fourth-order valence-electron chi connectivity index (χ4n) is 3.02. The van der Waals surface area contributed by atoms with E-state index in [0.717, 1.165) is 51.2 Å². The minimum atomic E-state index is -0.282. The fraction of sp³-hybridized carbons (Fsp3) is 0.850. The normalized spacial score (nSPS) is 14.1. The number of nitrogens with one attached hydrogen (secondary N) is 4. The summed E-state index contributed by atoms with van der Waals surface area (Å²) in [4.78, 5) is 35.1. The van der Waals surface area contributed by atoms with Gasteiger partial charge in [0.2, 0.25) is 11.8 Å². The molecule has 0 rings (SSSR count). The molecular weight excluding hydrogens is 408 g/mol. The van der Waals surface area contributed by atoms with Crippen LogP contribution in [-0.4, -0.2) is 55.0 Å². The molecule has 0 spiro atoms. The molecule has 0 fully saturated rings. The first-order valence-electron chi connectivity index (χ1n) is 10.7. The van der Waals surface area contributed by atoms with Gasteiger partial charge in [0, 0.05) is 30.8 Å². The summed E-state index contributed by atoms with van der Waals surface area (Å²) < 4.78 is 0. The lowest BCUT2D eigenvalue weighted by Crippen LogP contribution is -2.44. The van der Waals surface area contributed by atoms with Gasteiger partial charge in [0.25, 0.3) is 0 Å². The molecule has 3 atom stereocenters. The number of carbonyl (C=O) groups is 3. The number of carbonyl (C=O) groups excluding carboxylic acids is 3. The van der Waals surface area contributed by atoms with Gasteiger partial charge in [-0.2, -0.15) is 25.3 Å². The zero-order valence-corrected chi connectivity index (χ0v) is 19.7. The predicted molar refractivity (Wildman–Crippen MR) is 125 cm³/mol. The molecule has 0 saturated heterocycles. The number of thiol groups is 2. The Morgan fingerprint density at radius 2 is 1.45 bits per heavy atom. The van der Waals surface area contributed by atoms with Crippen LogP contribution in [0.1, 0.15) is 65.2 Å². The van der Waals surface area contributed by atoms with Crippen LogP contribution in [0.2, 0.25) is 0 Å². The van der Waals surface area contributed by atoms with Crippen LogP contribution in [0.15, 0.2) is 0 Å². The summed E-state index contributed by atoms with van der Waals surface area (Å²) in [6.07, 6.45) is 8.03. The maximum absolute atomic E-state index is 12.4. The summed E-state index contributed by atoms with van der Waals surface area (Å²) in [6, 6.07) is -0.545. The summed E-state index contributed by atoms with van der Waals surface area (Å²) in [7, 11) is 0. The zero-order valence-electron chi connectivity index (χ0n) is 17.9. The van der Waals surface area contributed by atoms with Crippen LogP contribution >= 0.6 is 25.3 Å². The quantitative estimate of drug-likeness (QED) is 0.0785. The van der Waals surface area contributed by atoms with E-state index in [1.165, 1.54) is 0 Å². The first-order valence-corrected chi connectivity index (χ1v) is 12.0. The van der Waals surface area contributed by atoms with Gasteiger partial charge in [-0.05, 0) is 45.4 Å². The average molecular weight is 449 g/mol. The molecule has 4 N–H and O–H groups in total. The van der Waals surface area contributed by atoms with Crippen molar-refractivity contribution in [1.82, 2.24) is 21.3 Å². The molecule has 0 aromatic carbocycles. The highest BCUT2D eigenvalue weighted by Gasteiger charge is 2.17. The average Bonchev–Trinajstić information content (AvgIpc) is 2.71. The molecule has 170 valence electrons. The van der Waals surface area contributed by atoms with Crippen LogP contribution in [0.3, 0.4) is 0 Å². The van der Waals surface area contributed by atoms with E-state index < -0.39 is 0 Å². The second-order valence-corrected chi connectivity index (χ2v) is 7.89. The number of rotatable bonds is 19. The molecule has 2 amide bonds. The summed E-state index contributed by atoms with van der Waals surface area (Å²) >= 11 is 8.21. The van der Waals surface area contributed by atoms with Crippen molar-refractivity contribution >= 4 is 43.4 Å². The molecule has 29 heavy (non-hydrogen) atoms. The number of aldehydes is 1. The van der Waals surface area contributed by atoms with E-state index in [0.29, 0.717) is 31.3 Å². The van der Waals surface area contributed by atoms with E-state index in [1.807, 2.05) is 0 Å². The Morgan fingerprint density at radius 3 is 2.00 bits per heavy atom. The highest BCUT2D eigenvalue weighted by Crippen LogP contribution is 2.12. The Bertz CT molecular complexity index is 455. The summed E-state index contributed by atoms with van der Waals surface area (Å²) in [5, 5.41) is 11.9. The van der Waals surface area contributed by atoms with Crippen molar-refractivity contribution in [1.29, 1.82) is 0 Å². The molecule has 0 saturated carbocycles. The second-order valence-electron chi connectivity index (χ2n) is 7.26. The first-order chi connectivity index (χ1) is 14.0. The van der Waals surface area contributed by atoms with Crippen LogP contribution in [0, 0.1) is 5.92 Å². The van der Waals surface area contributed by atoms with E-state index >= 15 is 0 Å². The van der Waals surface area contributed by atoms with E-state index in [9.17, 15) is 14.4 Å². The number of unbranched alkanes of at least 4 members (excludes halogenated alkanes) is 2. The highest BCUT2D eigenvalue weighted by molar-refractivity contribution is 7.80. The van der Waals surface area contributed by atoms with Gasteiger partial charge in [-0.1, -0.05) is 19.8 Å². The topological polar surface area (TPSA) is 99.3 Å². The zero-order chi connectivity index (χ0) is 21.9. The Kier molecular flexibility index (Phi) is 18.7. The monoisotopic (exact) mass is 448 g/mol. The lowest BCUT2D eigenvalue weighted by atomic mass is 9.99. The molecule has 0 aromatic heterocycles. The van der Waals surface area contributed by atoms with Crippen molar-refractivity contribution in [3.8, 4) is 0 Å². The minimum Gasteiger partial charge on any atom is -0.355 e. The molecule has 0 aliphatic heterocycles. The molecule has 0 bridgehead atoms. The summed E-state index contributed by atoms with van der Waals surface area (Å²) in [5.41, 5.74) is 0. The van der Waals surface area contributed by atoms with Crippen LogP contribution in [0.4, 0.5) is 0 Å². The van der Waals surface area contributed by atoms with Crippen molar-refractivity contribution < 1.29 is 14.4 Å². The van der Waals surface area contributed by atoms with Crippen molar-refractivity contribution in [3.05, 3.63) is 0 Å². The number of hydrogen-bond acceptors (Lipinski definition) is 7. The molecule has 1 unspecified atom stereocenters. The Hall–Kier alpha value is -0.770. The maximum atomic E-state index is 12.4. The Balaban J connectivity index is 4.00. The first kappa shape index (κ1) is 28.2. The van der Waals surface area contributed by atoms with Crippen LogP contribution in [0.5, 0.6) is 0 Å². The van der Waals surface area contributed by atoms with Gasteiger partial charge in [-0.3, -0.25) is 20.2 Å². The van der Waals surface area contributed by atoms with Gasteiger partial charge < -0.3 is 15.4 Å². The van der Waals surface area contributed by atoms with Crippen molar-refractivity contribution in [2.75, 3.05) is 24.8 Å². The minimum absolute atomic E-state index is 0.0183. The predicted octanol–water partition coefficient (Wildman–Crippen LogP) is 1.89. The highest BCUT2D eigenvalue weighted by atomic mass is 32.1. The van der Waals surface area contributed by atoms with E-state index in [4.69, 9.17) is 0 Å². The Morgan fingerprint density at radius 1 is 0.862 bits per heavy atom. The fourth-order valence-corrected chi connectivity index (χ4v) is 3.52. The Labute approximate surface area is 187 Å². The molecule has 0 radical (unpaired) electrons. The van der Waals surface area contributed by atoms with Gasteiger partial charge in [-0.25, -0.2) is 0 Å². The van der Waals surface area contributed by atoms with Gasteiger partial charge in [0.1, 0.15) is 6.29 Å². The molecule has 0 aliphatic carbocycles. The van der Waals surface area contributed by atoms with E-state index in [2.05, 4.69) is 53.4 Å². The third-order valence-corrected chi connectivity index (χ3v) is 5.18. The molecule has 9 heteroatoms. The van der Waals surface area contributed by atoms with Crippen LogP contribution < -0.4 is 21.3 Å². The SMILES string of the molecule is CCC[C@H](C=O)CCCCNC(=O)[C@H](CCCCNC(=O)C(C)NCS)NCS. The summed E-state index contributed by atoms with van der Waals surface area (Å²) in [5.74, 6) is 0.968. The molecule has 7 nitrogen and oxygen atoms in total. The van der Waals surface area contributed by atoms with E-state index in [-0.39, 0.29) is 29.8 Å². The molecule has 0 aromatic rings. The molecule has 0 heterocycles. The standard InChI is InChI=1S/C20H40N4O3S2/c1-3-8-17(13-25)9-4-6-12-22-20(27)18(24-15-29)10-5-7-11-21-19(26)16(2)23-14-28/h13,16-18,23-24,28-29H,3-12,14-15H2,1-2H3,(H,21,26)(H,22,27)/t16?,17-,18-/m0/s1. The van der Waals surface area contributed by atoms with Gasteiger partial charge in [0.05, 0.1) is 12.1 Å². The van der Waals surface area contributed by atoms with Gasteiger partial charge in [0.15, 0.2) is 0 Å². The van der Waals surface area contributed by atoms with Gasteiger partial charge in [-0.15, -0.1) is 0 Å². The number of amides is 2. The maximum Gasteiger partial charge on any atom is 0.237 e. The number of hydrogen-bond donors (Lipinski definition) is 6. The molecule has 0 aliphatic rings. The van der Waals surface area contributed by atoms with Crippen molar-refractivity contribution in [2.45, 2.75) is 77.3 Å². The van der Waals surface area contributed by atoms with Gasteiger partial charge >= 0.3 is 0 Å². The second kappa shape index (κ2) is 19.2. The van der Waals surface area contributed by atoms with Crippen molar-refractivity contribution in [3.63, 3.8) is 0 Å². The largest absolute Gasteiger partial charge is 0.355 e. The summed E-state index contributed by atoms with van der Waals surface area (Å²) in [6.45, 7) is 5.09. The molecular formula is C20H40N4O3S2. The third kappa shape index (κ3) is 14.8. The smallest absolute Gasteiger partial charge is 0.237 e. The van der Waals surface area contributed by atoms with E-state index in [1.54, 1.807) is 6.92 Å². The third-order valence-electron chi connectivity index (χ3n) is 4.82. The van der Waals surface area contributed by atoms with Crippen LogP contribution in [0.25, 0.3) is 0 Å².